The van der Waals surface area contributed by atoms with E-state index in [1.165, 1.54) is 0 Å². The number of rotatable bonds is 0. The van der Waals surface area contributed by atoms with Gasteiger partial charge in [0.2, 0.25) is 0 Å². The summed E-state index contributed by atoms with van der Waals surface area (Å²) >= 11 is 0. The first kappa shape index (κ1) is 12.2. The molecule has 2 aliphatic rings. The zero-order valence-electron chi connectivity index (χ0n) is 11.3. The highest BCUT2D eigenvalue weighted by atomic mass is 16.6. The van der Waals surface area contributed by atoms with Crippen molar-refractivity contribution < 1.29 is 14.3 Å². The lowest BCUT2D eigenvalue weighted by atomic mass is 10.0. The van der Waals surface area contributed by atoms with Crippen LogP contribution in [-0.4, -0.2) is 24.3 Å². The quantitative estimate of drug-likeness (QED) is 0.718. The standard InChI is InChI=1S/C15H17NO3/c1-10-8-9-18-14-15(2,3)19-12-7-5-4-6-11(12)16(14)13(10)17/h4-8,14H,9H2,1-3H3. The molecule has 3 rings (SSSR count). The largest absolute Gasteiger partial charge is 0.481 e. The molecule has 0 aliphatic carbocycles. The van der Waals surface area contributed by atoms with E-state index < -0.39 is 11.8 Å². The van der Waals surface area contributed by atoms with Crippen molar-refractivity contribution in [1.29, 1.82) is 0 Å². The van der Waals surface area contributed by atoms with Gasteiger partial charge in [0.05, 0.1) is 12.3 Å². The van der Waals surface area contributed by atoms with Gasteiger partial charge in [-0.05, 0) is 32.9 Å². The van der Waals surface area contributed by atoms with Crippen LogP contribution >= 0.6 is 0 Å². The summed E-state index contributed by atoms with van der Waals surface area (Å²) in [7, 11) is 0. The summed E-state index contributed by atoms with van der Waals surface area (Å²) in [4.78, 5) is 14.3. The SMILES string of the molecule is CC1=CCOC2N(C1=O)c1ccccc1OC2(C)C. The number of amides is 1. The molecule has 0 radical (unpaired) electrons. The predicted molar refractivity (Wildman–Crippen MR) is 72.1 cm³/mol. The maximum Gasteiger partial charge on any atom is 0.256 e. The third-order valence-corrected chi connectivity index (χ3v) is 3.53. The fraction of sp³-hybridized carbons (Fsp3) is 0.400. The minimum atomic E-state index is -0.581. The number of hydrogen-bond donors (Lipinski definition) is 0. The molecule has 4 nitrogen and oxygen atoms in total. The molecule has 1 unspecified atom stereocenters. The van der Waals surface area contributed by atoms with Crippen molar-refractivity contribution in [3.8, 4) is 5.75 Å². The van der Waals surface area contributed by atoms with E-state index in [2.05, 4.69) is 0 Å². The summed E-state index contributed by atoms with van der Waals surface area (Å²) < 4.78 is 11.8. The number of carbonyl (C=O) groups excluding carboxylic acids is 1. The van der Waals surface area contributed by atoms with Gasteiger partial charge in [0.25, 0.3) is 5.91 Å². The normalized spacial score (nSPS) is 24.8. The predicted octanol–water partition coefficient (Wildman–Crippen LogP) is 2.49. The van der Waals surface area contributed by atoms with Gasteiger partial charge in [-0.15, -0.1) is 0 Å². The molecule has 19 heavy (non-hydrogen) atoms. The highest BCUT2D eigenvalue weighted by Gasteiger charge is 2.46. The average molecular weight is 259 g/mol. The molecule has 2 aliphatic heterocycles. The lowest BCUT2D eigenvalue weighted by molar-refractivity contribution is -0.124. The third kappa shape index (κ3) is 1.83. The van der Waals surface area contributed by atoms with Gasteiger partial charge in [0.1, 0.15) is 11.4 Å². The van der Waals surface area contributed by atoms with Gasteiger partial charge in [0.15, 0.2) is 6.23 Å². The first-order chi connectivity index (χ1) is 9.00. The summed E-state index contributed by atoms with van der Waals surface area (Å²) in [5, 5.41) is 0. The number of ether oxygens (including phenoxy) is 2. The summed E-state index contributed by atoms with van der Waals surface area (Å²) in [6.45, 7) is 6.12. The zero-order chi connectivity index (χ0) is 13.6. The summed E-state index contributed by atoms with van der Waals surface area (Å²) in [5.74, 6) is 0.696. The smallest absolute Gasteiger partial charge is 0.256 e. The zero-order valence-corrected chi connectivity index (χ0v) is 11.3. The third-order valence-electron chi connectivity index (χ3n) is 3.53. The fourth-order valence-corrected chi connectivity index (χ4v) is 2.55. The molecule has 0 fully saturated rings. The summed E-state index contributed by atoms with van der Waals surface area (Å²) in [6.07, 6.45) is 1.41. The van der Waals surface area contributed by atoms with E-state index in [0.717, 1.165) is 11.4 Å². The second-order valence-electron chi connectivity index (χ2n) is 5.42. The van der Waals surface area contributed by atoms with E-state index in [4.69, 9.17) is 9.47 Å². The van der Waals surface area contributed by atoms with Gasteiger partial charge in [-0.1, -0.05) is 18.2 Å². The average Bonchev–Trinajstić information content (AvgIpc) is 2.51. The van der Waals surface area contributed by atoms with E-state index in [9.17, 15) is 4.79 Å². The van der Waals surface area contributed by atoms with Crippen LogP contribution in [0, 0.1) is 0 Å². The van der Waals surface area contributed by atoms with Gasteiger partial charge in [0, 0.05) is 5.57 Å². The fourth-order valence-electron chi connectivity index (χ4n) is 2.55. The van der Waals surface area contributed by atoms with Crippen LogP contribution in [0.25, 0.3) is 0 Å². The molecule has 0 bridgehead atoms. The second kappa shape index (κ2) is 4.10. The lowest BCUT2D eigenvalue weighted by Gasteiger charge is -2.45. The van der Waals surface area contributed by atoms with Crippen LogP contribution in [-0.2, 0) is 9.53 Å². The number of carbonyl (C=O) groups is 1. The topological polar surface area (TPSA) is 38.8 Å². The van der Waals surface area contributed by atoms with Gasteiger partial charge in [-0.3, -0.25) is 9.69 Å². The van der Waals surface area contributed by atoms with E-state index >= 15 is 0 Å². The van der Waals surface area contributed by atoms with Crippen LogP contribution in [0.4, 0.5) is 5.69 Å². The van der Waals surface area contributed by atoms with Crippen LogP contribution in [0.1, 0.15) is 20.8 Å². The first-order valence-electron chi connectivity index (χ1n) is 6.41. The molecule has 0 aromatic heterocycles. The van der Waals surface area contributed by atoms with Gasteiger partial charge in [-0.2, -0.15) is 0 Å². The monoisotopic (exact) mass is 259 g/mol. The molecule has 0 spiro atoms. The number of para-hydroxylation sites is 2. The summed E-state index contributed by atoms with van der Waals surface area (Å²) in [6, 6.07) is 7.57. The van der Waals surface area contributed by atoms with Crippen molar-refractivity contribution in [1.82, 2.24) is 0 Å². The van der Waals surface area contributed by atoms with Crippen LogP contribution in [0.5, 0.6) is 5.75 Å². The van der Waals surface area contributed by atoms with E-state index in [0.29, 0.717) is 12.2 Å². The molecule has 1 atom stereocenters. The minimum absolute atomic E-state index is 0.0219. The number of hydrogen-bond acceptors (Lipinski definition) is 3. The second-order valence-corrected chi connectivity index (χ2v) is 5.42. The Morgan fingerprint density at radius 2 is 2.05 bits per heavy atom. The van der Waals surface area contributed by atoms with Crippen LogP contribution in [0.15, 0.2) is 35.9 Å². The Labute approximate surface area is 112 Å². The molecular formula is C15H17NO3. The lowest BCUT2D eigenvalue weighted by Crippen LogP contribution is -2.58. The summed E-state index contributed by atoms with van der Waals surface area (Å²) in [5.41, 5.74) is 0.893. The highest BCUT2D eigenvalue weighted by Crippen LogP contribution is 2.41. The molecular weight excluding hydrogens is 242 g/mol. The number of fused-ring (bicyclic) bond motifs is 3. The molecule has 1 aromatic rings. The number of nitrogens with zero attached hydrogens (tertiary/aromatic N) is 1. The Bertz CT molecular complexity index is 562. The molecule has 1 aromatic carbocycles. The maximum atomic E-state index is 12.6. The van der Waals surface area contributed by atoms with Crippen molar-refractivity contribution in [2.24, 2.45) is 0 Å². The first-order valence-corrected chi connectivity index (χ1v) is 6.41. The van der Waals surface area contributed by atoms with Crippen molar-refractivity contribution >= 4 is 11.6 Å². The molecule has 0 saturated heterocycles. The Kier molecular flexibility index (Phi) is 2.64. The number of benzene rings is 1. The van der Waals surface area contributed by atoms with Crippen LogP contribution in [0.3, 0.4) is 0 Å². The van der Waals surface area contributed by atoms with E-state index in [1.54, 1.807) is 4.90 Å². The van der Waals surface area contributed by atoms with Crippen LogP contribution < -0.4 is 9.64 Å². The Morgan fingerprint density at radius 1 is 1.32 bits per heavy atom. The molecule has 1 amide bonds. The van der Waals surface area contributed by atoms with Crippen LogP contribution in [0.2, 0.25) is 0 Å². The van der Waals surface area contributed by atoms with E-state index in [-0.39, 0.29) is 5.91 Å². The van der Waals surface area contributed by atoms with Crippen molar-refractivity contribution in [2.45, 2.75) is 32.6 Å². The molecule has 0 saturated carbocycles. The molecule has 100 valence electrons. The van der Waals surface area contributed by atoms with Crippen molar-refractivity contribution in [2.75, 3.05) is 11.5 Å². The number of anilines is 1. The Hall–Kier alpha value is -1.81. The van der Waals surface area contributed by atoms with E-state index in [1.807, 2.05) is 51.1 Å². The minimum Gasteiger partial charge on any atom is -0.481 e. The van der Waals surface area contributed by atoms with Gasteiger partial charge in [-0.25, -0.2) is 0 Å². The van der Waals surface area contributed by atoms with Crippen molar-refractivity contribution in [3.05, 3.63) is 35.9 Å². The highest BCUT2D eigenvalue weighted by molar-refractivity contribution is 6.07. The molecule has 4 heteroatoms. The molecule has 2 heterocycles. The Morgan fingerprint density at radius 3 is 2.84 bits per heavy atom. The van der Waals surface area contributed by atoms with Gasteiger partial charge >= 0.3 is 0 Å². The Balaban J connectivity index is 2.17. The van der Waals surface area contributed by atoms with Crippen molar-refractivity contribution in [3.63, 3.8) is 0 Å². The van der Waals surface area contributed by atoms with Gasteiger partial charge < -0.3 is 9.47 Å². The maximum absolute atomic E-state index is 12.6. The molecule has 0 N–H and O–H groups in total.